The number of carbonyl (C=O) groups is 1. The van der Waals surface area contributed by atoms with E-state index in [0.29, 0.717) is 19.1 Å². The number of nitrogens with one attached hydrogen (secondary N) is 1. The minimum atomic E-state index is -0.383. The highest BCUT2D eigenvalue weighted by molar-refractivity contribution is 5.78. The minimum absolute atomic E-state index is 0.0610. The van der Waals surface area contributed by atoms with Crippen molar-refractivity contribution < 1.29 is 13.9 Å². The van der Waals surface area contributed by atoms with Gasteiger partial charge in [-0.3, -0.25) is 9.69 Å². The Hall–Kier alpha value is -1.66. The topological polar surface area (TPSA) is 44.8 Å². The average Bonchev–Trinajstić information content (AvgIpc) is 2.51. The Morgan fingerprint density at radius 3 is 3.00 bits per heavy atom. The smallest absolute Gasteiger partial charge is 0.236 e. The molecule has 1 amide bonds. The van der Waals surface area contributed by atoms with E-state index >= 15 is 0 Å². The third-order valence-corrected chi connectivity index (χ3v) is 3.92. The molecule has 1 fully saturated rings. The Morgan fingerprint density at radius 1 is 1.50 bits per heavy atom. The van der Waals surface area contributed by atoms with E-state index in [-0.39, 0.29) is 24.1 Å². The van der Waals surface area contributed by atoms with Crippen LogP contribution in [0.3, 0.4) is 0 Å². The van der Waals surface area contributed by atoms with E-state index in [9.17, 15) is 9.18 Å². The second kappa shape index (κ2) is 8.10. The first-order chi connectivity index (χ1) is 10.6. The number of likely N-dealkylation sites (N-methyl/N-ethyl adjacent to an activating group) is 1. The molecule has 1 heterocycles. The van der Waals surface area contributed by atoms with Gasteiger partial charge in [0.1, 0.15) is 6.61 Å². The number of halogens is 1. The van der Waals surface area contributed by atoms with Crippen molar-refractivity contribution in [2.75, 3.05) is 46.4 Å². The van der Waals surface area contributed by atoms with Gasteiger partial charge in [0.2, 0.25) is 5.91 Å². The van der Waals surface area contributed by atoms with Crippen LogP contribution in [-0.4, -0.2) is 68.1 Å². The first-order valence-corrected chi connectivity index (χ1v) is 7.64. The van der Waals surface area contributed by atoms with Crippen molar-refractivity contribution in [3.05, 3.63) is 30.1 Å². The number of hydrogen-bond donors (Lipinski definition) is 1. The van der Waals surface area contributed by atoms with Crippen LogP contribution < -0.4 is 10.1 Å². The molecule has 0 aliphatic carbocycles. The van der Waals surface area contributed by atoms with E-state index in [1.165, 1.54) is 6.07 Å². The van der Waals surface area contributed by atoms with Gasteiger partial charge in [-0.25, -0.2) is 4.39 Å². The maximum absolute atomic E-state index is 13.4. The van der Waals surface area contributed by atoms with Gasteiger partial charge in [0.25, 0.3) is 0 Å². The van der Waals surface area contributed by atoms with Gasteiger partial charge in [0, 0.05) is 32.7 Å². The molecule has 0 saturated carbocycles. The lowest BCUT2D eigenvalue weighted by Crippen LogP contribution is -2.53. The number of piperazine rings is 1. The minimum Gasteiger partial charge on any atom is -0.489 e. The molecule has 1 atom stereocenters. The molecule has 1 aromatic carbocycles. The third-order valence-electron chi connectivity index (χ3n) is 3.92. The average molecular weight is 309 g/mol. The molecule has 6 heteroatoms. The number of para-hydroxylation sites is 1. The number of hydrogen-bond acceptors (Lipinski definition) is 4. The third kappa shape index (κ3) is 4.68. The SMILES string of the molecule is C[C@@H]1CNCCN1CC(=O)N(C)CCOc1ccccc1F. The molecule has 22 heavy (non-hydrogen) atoms. The first kappa shape index (κ1) is 16.7. The highest BCUT2D eigenvalue weighted by atomic mass is 19.1. The van der Waals surface area contributed by atoms with Crippen LogP contribution in [0.4, 0.5) is 4.39 Å². The molecule has 1 saturated heterocycles. The number of carbonyl (C=O) groups excluding carboxylic acids is 1. The molecule has 0 spiro atoms. The highest BCUT2D eigenvalue weighted by Crippen LogP contribution is 2.15. The van der Waals surface area contributed by atoms with Gasteiger partial charge in [-0.2, -0.15) is 0 Å². The van der Waals surface area contributed by atoms with E-state index in [0.717, 1.165) is 19.6 Å². The van der Waals surface area contributed by atoms with Crippen LogP contribution in [0.15, 0.2) is 24.3 Å². The van der Waals surface area contributed by atoms with Gasteiger partial charge in [0.15, 0.2) is 11.6 Å². The summed E-state index contributed by atoms with van der Waals surface area (Å²) in [7, 11) is 1.75. The number of rotatable bonds is 6. The molecular weight excluding hydrogens is 285 g/mol. The van der Waals surface area contributed by atoms with Crippen LogP contribution in [0.25, 0.3) is 0 Å². The fraction of sp³-hybridized carbons (Fsp3) is 0.562. The van der Waals surface area contributed by atoms with Crippen molar-refractivity contribution in [1.29, 1.82) is 0 Å². The molecule has 1 aliphatic rings. The number of benzene rings is 1. The summed E-state index contributed by atoms with van der Waals surface area (Å²) >= 11 is 0. The molecule has 0 aromatic heterocycles. The van der Waals surface area contributed by atoms with Crippen molar-refractivity contribution in [2.24, 2.45) is 0 Å². The van der Waals surface area contributed by atoms with Gasteiger partial charge >= 0.3 is 0 Å². The van der Waals surface area contributed by atoms with E-state index in [2.05, 4.69) is 17.1 Å². The quantitative estimate of drug-likeness (QED) is 0.850. The molecule has 122 valence electrons. The zero-order valence-corrected chi connectivity index (χ0v) is 13.2. The maximum Gasteiger partial charge on any atom is 0.236 e. The van der Waals surface area contributed by atoms with Crippen molar-refractivity contribution in [3.63, 3.8) is 0 Å². The van der Waals surface area contributed by atoms with Gasteiger partial charge in [-0.05, 0) is 19.1 Å². The number of amides is 1. The van der Waals surface area contributed by atoms with Gasteiger partial charge in [-0.1, -0.05) is 12.1 Å². The molecular formula is C16H24FN3O2. The first-order valence-electron chi connectivity index (χ1n) is 7.64. The lowest BCUT2D eigenvalue weighted by Gasteiger charge is -2.34. The van der Waals surface area contributed by atoms with Crippen LogP contribution in [-0.2, 0) is 4.79 Å². The van der Waals surface area contributed by atoms with Crippen LogP contribution in [0.5, 0.6) is 5.75 Å². The monoisotopic (exact) mass is 309 g/mol. The molecule has 0 unspecified atom stereocenters. The lowest BCUT2D eigenvalue weighted by molar-refractivity contribution is -0.132. The van der Waals surface area contributed by atoms with Crippen molar-refractivity contribution in [2.45, 2.75) is 13.0 Å². The molecule has 1 aromatic rings. The zero-order chi connectivity index (χ0) is 15.9. The second-order valence-corrected chi connectivity index (χ2v) is 5.62. The van der Waals surface area contributed by atoms with Crippen molar-refractivity contribution in [3.8, 4) is 5.75 Å². The fourth-order valence-corrected chi connectivity index (χ4v) is 2.39. The largest absolute Gasteiger partial charge is 0.489 e. The summed E-state index contributed by atoms with van der Waals surface area (Å²) in [6.45, 7) is 5.95. The predicted molar refractivity (Wildman–Crippen MR) is 83.4 cm³/mol. The molecule has 2 rings (SSSR count). The van der Waals surface area contributed by atoms with Crippen molar-refractivity contribution >= 4 is 5.91 Å². The molecule has 5 nitrogen and oxygen atoms in total. The van der Waals surface area contributed by atoms with Crippen LogP contribution >= 0.6 is 0 Å². The molecule has 0 bridgehead atoms. The summed E-state index contributed by atoms with van der Waals surface area (Å²) in [5.74, 6) is -0.101. The lowest BCUT2D eigenvalue weighted by atomic mass is 10.2. The highest BCUT2D eigenvalue weighted by Gasteiger charge is 2.21. The van der Waals surface area contributed by atoms with E-state index in [4.69, 9.17) is 4.74 Å². The standard InChI is InChI=1S/C16H24FN3O2/c1-13-11-18-7-8-20(13)12-16(21)19(2)9-10-22-15-6-4-3-5-14(15)17/h3-6,13,18H,7-12H2,1-2H3/t13-/m1/s1. The normalized spacial score (nSPS) is 19.0. The van der Waals surface area contributed by atoms with Crippen LogP contribution in [0.2, 0.25) is 0 Å². The summed E-state index contributed by atoms with van der Waals surface area (Å²) in [4.78, 5) is 16.0. The van der Waals surface area contributed by atoms with Crippen LogP contribution in [0.1, 0.15) is 6.92 Å². The Kier molecular flexibility index (Phi) is 6.15. The van der Waals surface area contributed by atoms with Gasteiger partial charge in [0.05, 0.1) is 13.1 Å². The predicted octanol–water partition coefficient (Wildman–Crippen LogP) is 0.957. The summed E-state index contributed by atoms with van der Waals surface area (Å²) in [5, 5.41) is 3.30. The Balaban J connectivity index is 1.73. The molecule has 0 radical (unpaired) electrons. The summed E-state index contributed by atoms with van der Waals surface area (Å²) < 4.78 is 18.8. The molecule has 1 aliphatic heterocycles. The maximum atomic E-state index is 13.4. The summed E-state index contributed by atoms with van der Waals surface area (Å²) in [5.41, 5.74) is 0. The molecule has 1 N–H and O–H groups in total. The van der Waals surface area contributed by atoms with E-state index in [1.54, 1.807) is 30.1 Å². The van der Waals surface area contributed by atoms with Gasteiger partial charge in [-0.15, -0.1) is 0 Å². The Bertz CT molecular complexity index is 498. The van der Waals surface area contributed by atoms with E-state index < -0.39 is 0 Å². The summed E-state index contributed by atoms with van der Waals surface area (Å²) in [6.07, 6.45) is 0. The zero-order valence-electron chi connectivity index (χ0n) is 13.2. The Labute approximate surface area is 131 Å². The number of nitrogens with zero attached hydrogens (tertiary/aromatic N) is 2. The van der Waals surface area contributed by atoms with Gasteiger partial charge < -0.3 is 15.0 Å². The van der Waals surface area contributed by atoms with E-state index in [1.807, 2.05) is 0 Å². The van der Waals surface area contributed by atoms with Crippen LogP contribution in [0, 0.1) is 5.82 Å². The second-order valence-electron chi connectivity index (χ2n) is 5.62. The van der Waals surface area contributed by atoms with Crippen molar-refractivity contribution in [1.82, 2.24) is 15.1 Å². The summed E-state index contributed by atoms with van der Waals surface area (Å²) in [6, 6.07) is 6.64. The Morgan fingerprint density at radius 2 is 2.27 bits per heavy atom. The number of ether oxygens (including phenoxy) is 1. The fourth-order valence-electron chi connectivity index (χ4n) is 2.39.